The first-order valence-corrected chi connectivity index (χ1v) is 12.8. The molecular formula is C26H36N8O2. The first kappa shape index (κ1) is 24.3. The number of hydrogen-bond donors (Lipinski definition) is 1. The van der Waals surface area contributed by atoms with E-state index in [0.717, 1.165) is 55.0 Å². The number of carbonyl (C=O) groups is 1. The molecule has 2 aromatic heterocycles. The van der Waals surface area contributed by atoms with Gasteiger partial charge in [0.25, 0.3) is 0 Å². The Morgan fingerprint density at radius 2 is 1.86 bits per heavy atom. The van der Waals surface area contributed by atoms with Crippen molar-refractivity contribution in [1.29, 1.82) is 0 Å². The number of H-pyrrole nitrogens is 1. The molecule has 1 amide bonds. The molecule has 3 aromatic rings. The molecule has 36 heavy (non-hydrogen) atoms. The van der Waals surface area contributed by atoms with E-state index >= 15 is 0 Å². The Morgan fingerprint density at radius 3 is 2.50 bits per heavy atom. The maximum Gasteiger partial charge on any atom is 0.409 e. The van der Waals surface area contributed by atoms with Gasteiger partial charge in [0.05, 0.1) is 13.3 Å². The van der Waals surface area contributed by atoms with Gasteiger partial charge in [-0.1, -0.05) is 13.0 Å². The number of anilines is 2. The highest BCUT2D eigenvalue weighted by Gasteiger charge is 2.34. The number of nitrogens with zero attached hydrogens (tertiary/aromatic N) is 7. The van der Waals surface area contributed by atoms with Gasteiger partial charge in [-0.15, -0.1) is 0 Å². The van der Waals surface area contributed by atoms with Crippen LogP contribution in [0.2, 0.25) is 0 Å². The van der Waals surface area contributed by atoms with Crippen LogP contribution in [-0.2, 0) is 4.74 Å². The standard InChI is InChI=1S/C26H36N8O2/c1-6-31-9-11-32(12-10-31)22-8-7-20(13-17(22)2)23-24-21(29-30-23)14-27-25(28-24)34-18(3)15-33(16-19(34)4)26(35)36-5/h7-8,13-14,18-19H,6,9-12,15-16H2,1-5H3,(H,29,30)/t18-,19+. The highest BCUT2D eigenvalue weighted by atomic mass is 16.5. The van der Waals surface area contributed by atoms with Crippen molar-refractivity contribution in [3.63, 3.8) is 0 Å². The molecule has 2 aliphatic heterocycles. The van der Waals surface area contributed by atoms with E-state index in [2.05, 4.69) is 75.8 Å². The number of hydrogen-bond acceptors (Lipinski definition) is 8. The van der Waals surface area contributed by atoms with E-state index in [9.17, 15) is 4.79 Å². The van der Waals surface area contributed by atoms with Gasteiger partial charge in [-0.05, 0) is 45.0 Å². The third-order valence-electron chi connectivity index (χ3n) is 7.50. The van der Waals surface area contributed by atoms with Crippen LogP contribution in [0.25, 0.3) is 22.3 Å². The first-order valence-electron chi connectivity index (χ1n) is 12.8. The number of aromatic nitrogens is 4. The van der Waals surface area contributed by atoms with Crippen molar-refractivity contribution in [2.45, 2.75) is 39.8 Å². The third-order valence-corrected chi connectivity index (χ3v) is 7.50. The smallest absolute Gasteiger partial charge is 0.409 e. The molecule has 0 saturated carbocycles. The predicted molar refractivity (Wildman–Crippen MR) is 142 cm³/mol. The van der Waals surface area contributed by atoms with E-state index in [-0.39, 0.29) is 18.2 Å². The number of carbonyl (C=O) groups excluding carboxylic acids is 1. The Kier molecular flexibility index (Phi) is 6.70. The van der Waals surface area contributed by atoms with Crippen LogP contribution >= 0.6 is 0 Å². The first-order chi connectivity index (χ1) is 17.4. The molecule has 1 N–H and O–H groups in total. The lowest BCUT2D eigenvalue weighted by Crippen LogP contribution is -2.58. The van der Waals surface area contributed by atoms with Gasteiger partial charge in [-0.25, -0.2) is 14.8 Å². The van der Waals surface area contributed by atoms with Crippen molar-refractivity contribution < 1.29 is 9.53 Å². The molecule has 5 rings (SSSR count). The van der Waals surface area contributed by atoms with Crippen LogP contribution in [0.4, 0.5) is 16.4 Å². The molecule has 2 saturated heterocycles. The minimum Gasteiger partial charge on any atom is -0.453 e. The fourth-order valence-corrected chi connectivity index (χ4v) is 5.59. The van der Waals surface area contributed by atoms with Crippen LogP contribution in [0.3, 0.4) is 0 Å². The van der Waals surface area contributed by atoms with E-state index in [4.69, 9.17) is 9.72 Å². The fraction of sp³-hybridized carbons (Fsp3) is 0.538. The molecule has 2 fully saturated rings. The number of methoxy groups -OCH3 is 1. The molecule has 192 valence electrons. The van der Waals surface area contributed by atoms with Gasteiger partial charge in [-0.2, -0.15) is 5.10 Å². The number of rotatable bonds is 4. The van der Waals surface area contributed by atoms with Gasteiger partial charge in [0, 0.05) is 62.6 Å². The second-order valence-electron chi connectivity index (χ2n) is 9.91. The van der Waals surface area contributed by atoms with Crippen LogP contribution in [-0.4, -0.2) is 101 Å². The van der Waals surface area contributed by atoms with E-state index in [1.165, 1.54) is 18.4 Å². The molecule has 2 aliphatic rings. The molecule has 0 bridgehead atoms. The Balaban J connectivity index is 1.41. The summed E-state index contributed by atoms with van der Waals surface area (Å²) >= 11 is 0. The van der Waals surface area contributed by atoms with Crippen LogP contribution < -0.4 is 9.80 Å². The highest BCUT2D eigenvalue weighted by Crippen LogP contribution is 2.31. The van der Waals surface area contributed by atoms with Crippen LogP contribution in [0.15, 0.2) is 24.4 Å². The van der Waals surface area contributed by atoms with Gasteiger partial charge in [-0.3, -0.25) is 5.10 Å². The van der Waals surface area contributed by atoms with Crippen molar-refractivity contribution in [3.8, 4) is 11.3 Å². The average Bonchev–Trinajstić information content (AvgIpc) is 3.31. The van der Waals surface area contributed by atoms with Crippen molar-refractivity contribution in [2.75, 3.05) is 62.7 Å². The molecule has 4 heterocycles. The van der Waals surface area contributed by atoms with Crippen molar-refractivity contribution in [1.82, 2.24) is 30.0 Å². The van der Waals surface area contributed by atoms with Crippen molar-refractivity contribution in [3.05, 3.63) is 30.0 Å². The van der Waals surface area contributed by atoms with Crippen LogP contribution in [0.1, 0.15) is 26.3 Å². The predicted octanol–water partition coefficient (Wildman–Crippen LogP) is 3.14. The molecule has 2 atom stereocenters. The topological polar surface area (TPSA) is 93.7 Å². The van der Waals surface area contributed by atoms with Crippen molar-refractivity contribution in [2.24, 2.45) is 0 Å². The zero-order chi connectivity index (χ0) is 25.4. The van der Waals surface area contributed by atoms with Gasteiger partial charge in [0.15, 0.2) is 0 Å². The summed E-state index contributed by atoms with van der Waals surface area (Å²) in [6, 6.07) is 6.67. The fourth-order valence-electron chi connectivity index (χ4n) is 5.59. The van der Waals surface area contributed by atoms with E-state index in [0.29, 0.717) is 19.0 Å². The molecule has 0 spiro atoms. The largest absolute Gasteiger partial charge is 0.453 e. The molecule has 0 unspecified atom stereocenters. The molecule has 10 nitrogen and oxygen atoms in total. The van der Waals surface area contributed by atoms with E-state index in [1.54, 1.807) is 11.1 Å². The number of piperazine rings is 2. The Hall–Kier alpha value is -3.40. The number of aromatic amines is 1. The highest BCUT2D eigenvalue weighted by molar-refractivity contribution is 5.90. The van der Waals surface area contributed by atoms with E-state index < -0.39 is 0 Å². The minimum atomic E-state index is -0.298. The van der Waals surface area contributed by atoms with Gasteiger partial charge in [0.1, 0.15) is 16.7 Å². The summed E-state index contributed by atoms with van der Waals surface area (Å²) < 4.78 is 4.93. The Labute approximate surface area is 212 Å². The maximum absolute atomic E-state index is 12.1. The molecular weight excluding hydrogens is 456 g/mol. The Morgan fingerprint density at radius 1 is 1.14 bits per heavy atom. The number of aryl methyl sites for hydroxylation is 1. The molecule has 0 aliphatic carbocycles. The lowest BCUT2D eigenvalue weighted by molar-refractivity contribution is 0.109. The van der Waals surface area contributed by atoms with Crippen molar-refractivity contribution >= 4 is 28.8 Å². The maximum atomic E-state index is 12.1. The minimum absolute atomic E-state index is 0.0513. The number of benzene rings is 1. The average molecular weight is 493 g/mol. The summed E-state index contributed by atoms with van der Waals surface area (Å²) in [7, 11) is 1.42. The quantitative estimate of drug-likeness (QED) is 0.594. The monoisotopic (exact) mass is 492 g/mol. The lowest BCUT2D eigenvalue weighted by atomic mass is 10.0. The van der Waals surface area contributed by atoms with Crippen LogP contribution in [0, 0.1) is 6.92 Å². The second kappa shape index (κ2) is 9.93. The lowest BCUT2D eigenvalue weighted by Gasteiger charge is -2.43. The zero-order valence-electron chi connectivity index (χ0n) is 21.9. The van der Waals surface area contributed by atoms with Gasteiger partial charge < -0.3 is 24.3 Å². The zero-order valence-corrected chi connectivity index (χ0v) is 21.9. The number of ether oxygens (including phenoxy) is 1. The summed E-state index contributed by atoms with van der Waals surface area (Å²) in [5, 5.41) is 7.70. The summed E-state index contributed by atoms with van der Waals surface area (Å²) in [6.07, 6.45) is 1.50. The van der Waals surface area contributed by atoms with E-state index in [1.807, 2.05) is 0 Å². The van der Waals surface area contributed by atoms with Gasteiger partial charge >= 0.3 is 6.09 Å². The van der Waals surface area contributed by atoms with Gasteiger partial charge in [0.2, 0.25) is 5.95 Å². The van der Waals surface area contributed by atoms with Crippen LogP contribution in [0.5, 0.6) is 0 Å². The summed E-state index contributed by atoms with van der Waals surface area (Å²) in [5.41, 5.74) is 6.00. The number of amides is 1. The molecule has 1 aromatic carbocycles. The summed E-state index contributed by atoms with van der Waals surface area (Å²) in [4.78, 5) is 30.5. The Bertz CT molecular complexity index is 1220. The normalized spacial score (nSPS) is 21.3. The number of likely N-dealkylation sites (N-methyl/N-ethyl adjacent to an activating group) is 1. The molecule has 0 radical (unpaired) electrons. The summed E-state index contributed by atoms with van der Waals surface area (Å²) in [5.74, 6) is 0.650. The number of fused-ring (bicyclic) bond motifs is 1. The SMILES string of the molecule is CCN1CCN(c2ccc(-c3n[nH]c4cnc(N5[C@H](C)CN(C(=O)OC)C[C@@H]5C)nc34)cc2C)CC1. The second-order valence-corrected chi connectivity index (χ2v) is 9.91. The third kappa shape index (κ3) is 4.45. The molecule has 10 heteroatoms. The summed E-state index contributed by atoms with van der Waals surface area (Å²) in [6.45, 7) is 15.1. The number of nitrogens with one attached hydrogen (secondary N) is 1.